The Morgan fingerprint density at radius 1 is 1.17 bits per heavy atom. The summed E-state index contributed by atoms with van der Waals surface area (Å²) >= 11 is 0. The van der Waals surface area contributed by atoms with Crippen LogP contribution in [-0.4, -0.2) is 15.0 Å². The number of para-hydroxylation sites is 1. The van der Waals surface area contributed by atoms with Crippen molar-refractivity contribution in [2.75, 3.05) is 6.61 Å². The first-order valence-corrected chi connectivity index (χ1v) is 3.35. The van der Waals surface area contributed by atoms with Crippen LogP contribution in [0.15, 0.2) is 30.3 Å². The van der Waals surface area contributed by atoms with Crippen molar-refractivity contribution in [2.45, 2.75) is 0 Å². The molecule has 3 heteroatoms. The molecule has 1 aliphatic heterocycles. The van der Waals surface area contributed by atoms with E-state index in [1.54, 1.807) is 0 Å². The molecule has 0 aliphatic carbocycles. The van der Waals surface area contributed by atoms with E-state index in [1.807, 2.05) is 30.3 Å². The molecule has 1 nitrogen and oxygen atoms in total. The van der Waals surface area contributed by atoms with Gasteiger partial charge < -0.3 is 4.74 Å². The fourth-order valence-corrected chi connectivity index (χ4v) is 1.06. The normalized spacial score (nSPS) is 11.7. The minimum Gasteiger partial charge on any atom is -0.489 e. The molecule has 1 heterocycles. The number of hydrogen-bond acceptors (Lipinski definition) is 1. The van der Waals surface area contributed by atoms with Gasteiger partial charge in [0.05, 0.1) is 0 Å². The maximum Gasteiger partial charge on any atom is 0.126 e. The first-order valence-electron chi connectivity index (χ1n) is 3.35. The summed E-state index contributed by atoms with van der Waals surface area (Å²) in [7, 11) is 0. The summed E-state index contributed by atoms with van der Waals surface area (Å²) in [4.78, 5) is 0. The van der Waals surface area contributed by atoms with Gasteiger partial charge in [0.15, 0.2) is 0 Å². The molecule has 2 rings (SSSR count). The molecule has 57 valence electrons. The Morgan fingerprint density at radius 3 is 2.67 bits per heavy atom. The summed E-state index contributed by atoms with van der Waals surface area (Å²) in [6.45, 7) is 0.705. The van der Waals surface area contributed by atoms with Gasteiger partial charge in [-0.15, -0.1) is 0 Å². The summed E-state index contributed by atoms with van der Waals surface area (Å²) in [6, 6.07) is 8.03. The van der Waals surface area contributed by atoms with Crippen molar-refractivity contribution in [3.63, 3.8) is 0 Å². The molecule has 0 unspecified atom stereocenters. The van der Waals surface area contributed by atoms with E-state index in [-0.39, 0.29) is 30.1 Å². The number of rotatable bonds is 0. The van der Waals surface area contributed by atoms with Gasteiger partial charge in [-0.25, -0.2) is 0 Å². The summed E-state index contributed by atoms with van der Waals surface area (Å²) in [6.07, 6.45) is 4.10. The van der Waals surface area contributed by atoms with Crippen LogP contribution < -0.4 is 4.74 Å². The van der Waals surface area contributed by atoms with Gasteiger partial charge in [0.25, 0.3) is 0 Å². The number of benzene rings is 1. The standard InChI is InChI=1S/C9H8O.B.Ti/c1-2-6-9-8(4-1)5-3-7-10-9;;/h1-6H,7H2;;. The fourth-order valence-electron chi connectivity index (χ4n) is 1.06. The van der Waals surface area contributed by atoms with E-state index in [1.165, 1.54) is 5.56 Å². The minimum absolute atomic E-state index is 0. The molecule has 0 saturated carbocycles. The largest absolute Gasteiger partial charge is 0.489 e. The van der Waals surface area contributed by atoms with E-state index in [0.29, 0.717) is 6.61 Å². The second-order valence-corrected chi connectivity index (χ2v) is 2.25. The first kappa shape index (κ1) is 11.5. The van der Waals surface area contributed by atoms with Gasteiger partial charge in [-0.05, 0) is 12.1 Å². The van der Waals surface area contributed by atoms with Gasteiger partial charge in [0.2, 0.25) is 0 Å². The second-order valence-electron chi connectivity index (χ2n) is 2.25. The van der Waals surface area contributed by atoms with Gasteiger partial charge in [-0.2, -0.15) is 0 Å². The van der Waals surface area contributed by atoms with Gasteiger partial charge >= 0.3 is 0 Å². The Balaban J connectivity index is 0.000000605. The summed E-state index contributed by atoms with van der Waals surface area (Å²) in [5.41, 5.74) is 1.17. The zero-order chi connectivity index (χ0) is 6.81. The molecule has 1 aromatic rings. The van der Waals surface area contributed by atoms with E-state index >= 15 is 0 Å². The van der Waals surface area contributed by atoms with E-state index in [2.05, 4.69) is 6.08 Å². The van der Waals surface area contributed by atoms with Crippen LogP contribution in [0.5, 0.6) is 5.75 Å². The Bertz CT molecular complexity index is 273. The molecule has 0 bridgehead atoms. The van der Waals surface area contributed by atoms with Gasteiger partial charge in [0.1, 0.15) is 12.4 Å². The van der Waals surface area contributed by atoms with Crippen LogP contribution >= 0.6 is 0 Å². The molecule has 3 radical (unpaired) electrons. The van der Waals surface area contributed by atoms with E-state index < -0.39 is 0 Å². The number of hydrogen-bond donors (Lipinski definition) is 0. The van der Waals surface area contributed by atoms with Gasteiger partial charge in [0, 0.05) is 35.7 Å². The van der Waals surface area contributed by atoms with Crippen LogP contribution in [0.4, 0.5) is 0 Å². The molecule has 0 spiro atoms. The second kappa shape index (κ2) is 5.23. The van der Waals surface area contributed by atoms with E-state index in [4.69, 9.17) is 4.74 Å². The smallest absolute Gasteiger partial charge is 0.126 e. The fraction of sp³-hybridized carbons (Fsp3) is 0.111. The Labute approximate surface area is 89.3 Å². The van der Waals surface area contributed by atoms with Gasteiger partial charge in [-0.1, -0.05) is 24.3 Å². The molecule has 12 heavy (non-hydrogen) atoms. The van der Waals surface area contributed by atoms with Crippen LogP contribution in [0.2, 0.25) is 0 Å². The Hall–Kier alpha value is -0.461. The third kappa shape index (κ3) is 2.26. The van der Waals surface area contributed by atoms with Crippen LogP contribution in [-0.2, 0) is 21.7 Å². The number of ether oxygens (including phenoxy) is 1. The SMILES string of the molecule is C1=Cc2ccccc2OC1.[B].[Ti]. The van der Waals surface area contributed by atoms with Crippen molar-refractivity contribution in [3.05, 3.63) is 35.9 Å². The predicted molar refractivity (Wildman–Crippen MR) is 46.7 cm³/mol. The van der Waals surface area contributed by atoms with E-state index in [0.717, 1.165) is 5.75 Å². The van der Waals surface area contributed by atoms with Crippen molar-refractivity contribution in [2.24, 2.45) is 0 Å². The Kier molecular flexibility index (Phi) is 5.03. The van der Waals surface area contributed by atoms with Crippen molar-refractivity contribution in [1.82, 2.24) is 0 Å². The van der Waals surface area contributed by atoms with Crippen LogP contribution in [0.3, 0.4) is 0 Å². The van der Waals surface area contributed by atoms with Crippen LogP contribution in [0.1, 0.15) is 5.56 Å². The molecule has 0 saturated heterocycles. The molecule has 1 aromatic carbocycles. The summed E-state index contributed by atoms with van der Waals surface area (Å²) < 4.78 is 5.34. The van der Waals surface area contributed by atoms with Crippen LogP contribution in [0.25, 0.3) is 6.08 Å². The van der Waals surface area contributed by atoms with Crippen molar-refractivity contribution in [1.29, 1.82) is 0 Å². The summed E-state index contributed by atoms with van der Waals surface area (Å²) in [5.74, 6) is 0.991. The zero-order valence-corrected chi connectivity index (χ0v) is 8.22. The average Bonchev–Trinajstić information content (AvgIpc) is 2.05. The molecule has 0 aromatic heterocycles. The molecular weight excluding hydrogens is 183 g/mol. The molecule has 0 N–H and O–H groups in total. The topological polar surface area (TPSA) is 9.23 Å². The molecule has 0 fully saturated rings. The minimum atomic E-state index is 0. The molecule has 1 aliphatic rings. The maximum atomic E-state index is 5.34. The third-order valence-corrected chi connectivity index (χ3v) is 1.55. The first-order chi connectivity index (χ1) is 4.97. The third-order valence-electron chi connectivity index (χ3n) is 1.55. The Morgan fingerprint density at radius 2 is 1.92 bits per heavy atom. The molecule has 0 amide bonds. The monoisotopic (exact) mass is 191 g/mol. The van der Waals surface area contributed by atoms with Crippen molar-refractivity contribution >= 4 is 14.5 Å². The summed E-state index contributed by atoms with van der Waals surface area (Å²) in [5, 5.41) is 0. The van der Waals surface area contributed by atoms with Gasteiger partial charge in [-0.3, -0.25) is 0 Å². The van der Waals surface area contributed by atoms with Crippen molar-refractivity contribution in [3.8, 4) is 5.75 Å². The molecular formula is C9H8BOTi. The molecule has 0 atom stereocenters. The zero-order valence-electron chi connectivity index (χ0n) is 6.66. The maximum absolute atomic E-state index is 5.34. The average molecular weight is 191 g/mol. The van der Waals surface area contributed by atoms with Crippen molar-refractivity contribution < 1.29 is 26.5 Å². The predicted octanol–water partition coefficient (Wildman–Crippen LogP) is 1.71. The number of fused-ring (bicyclic) bond motifs is 1. The van der Waals surface area contributed by atoms with Crippen LogP contribution in [0, 0.1) is 0 Å². The van der Waals surface area contributed by atoms with E-state index in [9.17, 15) is 0 Å². The quantitative estimate of drug-likeness (QED) is 0.567.